The summed E-state index contributed by atoms with van der Waals surface area (Å²) in [4.78, 5) is 8.28. The molecule has 0 saturated carbocycles. The lowest BCUT2D eigenvalue weighted by Gasteiger charge is -2.18. The SMILES string of the molecule is Cn1nc(-c2ccc3c(c2)OCCO3)c2c(N)ncnc21. The maximum Gasteiger partial charge on any atom is 0.163 e. The highest BCUT2D eigenvalue weighted by molar-refractivity contribution is 5.98. The van der Waals surface area contributed by atoms with Crippen molar-refractivity contribution in [2.24, 2.45) is 7.05 Å². The Balaban J connectivity index is 1.94. The Bertz CT molecular complexity index is 843. The Labute approximate surface area is 120 Å². The lowest BCUT2D eigenvalue weighted by Crippen LogP contribution is -2.15. The van der Waals surface area contributed by atoms with Crippen LogP contribution in [0.3, 0.4) is 0 Å². The maximum atomic E-state index is 5.99. The van der Waals surface area contributed by atoms with Crippen LogP contribution in [0.1, 0.15) is 0 Å². The van der Waals surface area contributed by atoms with Crippen molar-refractivity contribution in [2.45, 2.75) is 0 Å². The molecule has 0 aliphatic carbocycles. The van der Waals surface area contributed by atoms with Gasteiger partial charge in [-0.05, 0) is 18.2 Å². The van der Waals surface area contributed by atoms with Gasteiger partial charge in [-0.1, -0.05) is 0 Å². The topological polar surface area (TPSA) is 88.1 Å². The van der Waals surface area contributed by atoms with E-state index in [1.807, 2.05) is 25.2 Å². The van der Waals surface area contributed by atoms with Crippen LogP contribution < -0.4 is 15.2 Å². The average molecular weight is 283 g/mol. The molecule has 0 unspecified atom stereocenters. The first-order valence-corrected chi connectivity index (χ1v) is 6.57. The Morgan fingerprint density at radius 1 is 1.14 bits per heavy atom. The van der Waals surface area contributed by atoms with E-state index in [-0.39, 0.29) is 0 Å². The lowest BCUT2D eigenvalue weighted by atomic mass is 10.1. The van der Waals surface area contributed by atoms with Crippen LogP contribution in [0.25, 0.3) is 22.3 Å². The number of rotatable bonds is 1. The van der Waals surface area contributed by atoms with Gasteiger partial charge >= 0.3 is 0 Å². The molecule has 2 N–H and O–H groups in total. The van der Waals surface area contributed by atoms with Crippen LogP contribution in [0, 0.1) is 0 Å². The third kappa shape index (κ3) is 1.78. The summed E-state index contributed by atoms with van der Waals surface area (Å²) in [5, 5.41) is 5.25. The molecule has 7 heteroatoms. The fourth-order valence-corrected chi connectivity index (χ4v) is 2.50. The van der Waals surface area contributed by atoms with Gasteiger partial charge in [0.15, 0.2) is 17.1 Å². The van der Waals surface area contributed by atoms with Gasteiger partial charge in [-0.2, -0.15) is 5.10 Å². The molecular weight excluding hydrogens is 270 g/mol. The summed E-state index contributed by atoms with van der Waals surface area (Å²) >= 11 is 0. The van der Waals surface area contributed by atoms with Gasteiger partial charge in [-0.3, -0.25) is 0 Å². The van der Waals surface area contributed by atoms with Crippen molar-refractivity contribution >= 4 is 16.9 Å². The van der Waals surface area contributed by atoms with Gasteiger partial charge in [0.2, 0.25) is 0 Å². The van der Waals surface area contributed by atoms with E-state index in [1.54, 1.807) is 4.68 Å². The van der Waals surface area contributed by atoms with Gasteiger partial charge in [0.05, 0.1) is 5.39 Å². The molecule has 21 heavy (non-hydrogen) atoms. The number of aryl methyl sites for hydroxylation is 1. The van der Waals surface area contributed by atoms with Gasteiger partial charge < -0.3 is 15.2 Å². The van der Waals surface area contributed by atoms with Crippen molar-refractivity contribution in [2.75, 3.05) is 18.9 Å². The minimum Gasteiger partial charge on any atom is -0.486 e. The molecule has 2 aromatic heterocycles. The summed E-state index contributed by atoms with van der Waals surface area (Å²) in [7, 11) is 1.83. The second kappa shape index (κ2) is 4.34. The Morgan fingerprint density at radius 3 is 2.81 bits per heavy atom. The summed E-state index contributed by atoms with van der Waals surface area (Å²) in [5.74, 6) is 1.88. The molecule has 3 heterocycles. The molecule has 0 atom stereocenters. The molecular formula is C14H13N5O2. The third-order valence-electron chi connectivity index (χ3n) is 3.47. The van der Waals surface area contributed by atoms with E-state index in [2.05, 4.69) is 15.1 Å². The zero-order valence-corrected chi connectivity index (χ0v) is 11.4. The van der Waals surface area contributed by atoms with Crippen LogP contribution in [0.2, 0.25) is 0 Å². The van der Waals surface area contributed by atoms with E-state index < -0.39 is 0 Å². The number of anilines is 1. The van der Waals surface area contributed by atoms with Gasteiger partial charge in [-0.25, -0.2) is 14.6 Å². The molecule has 3 aromatic rings. The number of aromatic nitrogens is 4. The number of hydrogen-bond acceptors (Lipinski definition) is 6. The van der Waals surface area contributed by atoms with Crippen molar-refractivity contribution < 1.29 is 9.47 Å². The second-order valence-electron chi connectivity index (χ2n) is 4.79. The number of benzene rings is 1. The fraction of sp³-hybridized carbons (Fsp3) is 0.214. The Kier molecular flexibility index (Phi) is 2.47. The van der Waals surface area contributed by atoms with Crippen LogP contribution >= 0.6 is 0 Å². The Morgan fingerprint density at radius 2 is 1.95 bits per heavy atom. The highest BCUT2D eigenvalue weighted by Gasteiger charge is 2.18. The first-order valence-electron chi connectivity index (χ1n) is 6.57. The number of nitrogens with zero attached hydrogens (tertiary/aromatic N) is 4. The number of hydrogen-bond donors (Lipinski definition) is 1. The zero-order chi connectivity index (χ0) is 14.4. The predicted octanol–water partition coefficient (Wildman–Crippen LogP) is 1.38. The first-order chi connectivity index (χ1) is 10.2. The summed E-state index contributed by atoms with van der Waals surface area (Å²) in [6, 6.07) is 5.72. The van der Waals surface area contributed by atoms with Crippen LogP contribution in [-0.4, -0.2) is 33.0 Å². The zero-order valence-electron chi connectivity index (χ0n) is 11.4. The first kappa shape index (κ1) is 12.0. The minimum atomic E-state index is 0.415. The minimum absolute atomic E-state index is 0.415. The highest BCUT2D eigenvalue weighted by Crippen LogP contribution is 2.36. The van der Waals surface area contributed by atoms with Crippen LogP contribution in [0.15, 0.2) is 24.5 Å². The monoisotopic (exact) mass is 283 g/mol. The molecule has 0 bridgehead atoms. The van der Waals surface area contributed by atoms with E-state index >= 15 is 0 Å². The van der Waals surface area contributed by atoms with E-state index in [1.165, 1.54) is 6.33 Å². The molecule has 0 amide bonds. The van der Waals surface area contributed by atoms with Crippen molar-refractivity contribution in [1.29, 1.82) is 0 Å². The quantitative estimate of drug-likeness (QED) is 0.726. The van der Waals surface area contributed by atoms with E-state index in [0.717, 1.165) is 22.4 Å². The van der Waals surface area contributed by atoms with Crippen LogP contribution in [0.5, 0.6) is 11.5 Å². The van der Waals surface area contributed by atoms with Crippen LogP contribution in [-0.2, 0) is 7.05 Å². The van der Waals surface area contributed by atoms with Gasteiger partial charge in [-0.15, -0.1) is 0 Å². The molecule has 1 aliphatic rings. The molecule has 1 aromatic carbocycles. The largest absolute Gasteiger partial charge is 0.486 e. The highest BCUT2D eigenvalue weighted by atomic mass is 16.6. The molecule has 0 radical (unpaired) electrons. The fourth-order valence-electron chi connectivity index (χ4n) is 2.50. The van der Waals surface area contributed by atoms with Crippen molar-refractivity contribution in [3.63, 3.8) is 0 Å². The van der Waals surface area contributed by atoms with E-state index in [9.17, 15) is 0 Å². The van der Waals surface area contributed by atoms with Crippen molar-refractivity contribution in [3.05, 3.63) is 24.5 Å². The van der Waals surface area contributed by atoms with Crippen molar-refractivity contribution in [1.82, 2.24) is 19.7 Å². The van der Waals surface area contributed by atoms with Gasteiger partial charge in [0.1, 0.15) is 31.1 Å². The lowest BCUT2D eigenvalue weighted by molar-refractivity contribution is 0.171. The number of nitrogens with two attached hydrogens (primary N) is 1. The summed E-state index contributed by atoms with van der Waals surface area (Å²) in [6.07, 6.45) is 1.44. The molecule has 7 nitrogen and oxygen atoms in total. The van der Waals surface area contributed by atoms with Crippen molar-refractivity contribution in [3.8, 4) is 22.8 Å². The third-order valence-corrected chi connectivity index (χ3v) is 3.47. The predicted molar refractivity (Wildman–Crippen MR) is 77.1 cm³/mol. The smallest absolute Gasteiger partial charge is 0.163 e. The average Bonchev–Trinajstić information content (AvgIpc) is 2.86. The molecule has 0 saturated heterocycles. The molecule has 1 aliphatic heterocycles. The molecule has 0 spiro atoms. The van der Waals surface area contributed by atoms with E-state index in [4.69, 9.17) is 15.2 Å². The standard InChI is InChI=1S/C14H13N5O2/c1-19-14-11(13(15)16-7-17-14)12(18-19)8-2-3-9-10(6-8)21-5-4-20-9/h2-3,6-7H,4-5H2,1H3,(H2,15,16,17). The van der Waals surface area contributed by atoms with E-state index in [0.29, 0.717) is 30.4 Å². The molecule has 0 fully saturated rings. The number of nitrogen functional groups attached to an aromatic ring is 1. The molecule has 4 rings (SSSR count). The normalized spacial score (nSPS) is 13.6. The summed E-state index contributed by atoms with van der Waals surface area (Å²) in [5.41, 5.74) is 8.32. The Hall–Kier alpha value is -2.83. The second-order valence-corrected chi connectivity index (χ2v) is 4.79. The summed E-state index contributed by atoms with van der Waals surface area (Å²) in [6.45, 7) is 1.12. The molecule has 106 valence electrons. The maximum absolute atomic E-state index is 5.99. The van der Waals surface area contributed by atoms with Gasteiger partial charge in [0, 0.05) is 12.6 Å². The van der Waals surface area contributed by atoms with Crippen LogP contribution in [0.4, 0.5) is 5.82 Å². The number of ether oxygens (including phenoxy) is 2. The van der Waals surface area contributed by atoms with Gasteiger partial charge in [0.25, 0.3) is 0 Å². The summed E-state index contributed by atoms with van der Waals surface area (Å²) < 4.78 is 12.8. The number of fused-ring (bicyclic) bond motifs is 2.